The summed E-state index contributed by atoms with van der Waals surface area (Å²) in [5.41, 5.74) is 4.85. The summed E-state index contributed by atoms with van der Waals surface area (Å²) < 4.78 is 0. The lowest BCUT2D eigenvalue weighted by molar-refractivity contribution is -0.123. The van der Waals surface area contributed by atoms with Crippen molar-refractivity contribution in [1.29, 1.82) is 5.26 Å². The average molecular weight is 250 g/mol. The number of hydrogen-bond donors (Lipinski definition) is 2. The van der Waals surface area contributed by atoms with Gasteiger partial charge in [0.15, 0.2) is 0 Å². The van der Waals surface area contributed by atoms with E-state index >= 15 is 0 Å². The van der Waals surface area contributed by atoms with Crippen molar-refractivity contribution in [3.63, 3.8) is 0 Å². The van der Waals surface area contributed by atoms with Crippen LogP contribution in [0.15, 0.2) is 0 Å². The van der Waals surface area contributed by atoms with E-state index in [0.29, 0.717) is 6.04 Å². The molecule has 0 aromatic rings. The molecule has 1 saturated carbocycles. The molecule has 1 amide bonds. The van der Waals surface area contributed by atoms with Crippen LogP contribution in [0.5, 0.6) is 0 Å². The monoisotopic (exact) mass is 250 g/mol. The Hall–Kier alpha value is -1.12. The Bertz CT molecular complexity index is 352. The van der Waals surface area contributed by atoms with Crippen LogP contribution in [-0.2, 0) is 4.79 Å². The number of hydrogen-bond acceptors (Lipinski definition) is 4. The summed E-state index contributed by atoms with van der Waals surface area (Å²) >= 11 is 0. The van der Waals surface area contributed by atoms with Crippen LogP contribution in [-0.4, -0.2) is 42.0 Å². The van der Waals surface area contributed by atoms with E-state index in [-0.39, 0.29) is 11.8 Å². The fraction of sp³-hybridized carbons (Fsp3) is 0.846. The van der Waals surface area contributed by atoms with Crippen molar-refractivity contribution in [1.82, 2.24) is 10.2 Å². The van der Waals surface area contributed by atoms with Gasteiger partial charge in [0.1, 0.15) is 5.54 Å². The summed E-state index contributed by atoms with van der Waals surface area (Å²) in [6.07, 6.45) is 4.00. The third-order valence-corrected chi connectivity index (χ3v) is 3.88. The summed E-state index contributed by atoms with van der Waals surface area (Å²) in [4.78, 5) is 13.4. The maximum atomic E-state index is 11.1. The van der Waals surface area contributed by atoms with Crippen LogP contribution in [0.2, 0.25) is 0 Å². The largest absolute Gasteiger partial charge is 0.369 e. The summed E-state index contributed by atoms with van der Waals surface area (Å²) in [6, 6.07) is 2.91. The maximum absolute atomic E-state index is 11.1. The molecule has 5 nitrogen and oxygen atoms in total. The molecule has 18 heavy (non-hydrogen) atoms. The van der Waals surface area contributed by atoms with Gasteiger partial charge in [-0.1, -0.05) is 0 Å². The predicted molar refractivity (Wildman–Crippen MR) is 68.5 cm³/mol. The lowest BCUT2D eigenvalue weighted by Gasteiger charge is -2.35. The first kappa shape index (κ1) is 13.3. The van der Waals surface area contributed by atoms with E-state index in [1.54, 1.807) is 0 Å². The summed E-state index contributed by atoms with van der Waals surface area (Å²) in [7, 11) is 0. The molecule has 1 aliphatic heterocycles. The maximum Gasteiger partial charge on any atom is 0.220 e. The van der Waals surface area contributed by atoms with Crippen LogP contribution in [0.3, 0.4) is 0 Å². The minimum atomic E-state index is -0.472. The van der Waals surface area contributed by atoms with Crippen LogP contribution < -0.4 is 11.1 Å². The van der Waals surface area contributed by atoms with Crippen molar-refractivity contribution in [3.8, 4) is 6.07 Å². The molecule has 1 saturated heterocycles. The minimum absolute atomic E-state index is 0.0194. The molecule has 2 fully saturated rings. The van der Waals surface area contributed by atoms with Crippen molar-refractivity contribution in [3.05, 3.63) is 0 Å². The Labute approximate surface area is 108 Å². The number of amides is 1. The van der Waals surface area contributed by atoms with E-state index in [1.807, 2.05) is 6.92 Å². The molecule has 1 unspecified atom stereocenters. The lowest BCUT2D eigenvalue weighted by Crippen LogP contribution is -2.53. The Kier molecular flexibility index (Phi) is 3.88. The third-order valence-electron chi connectivity index (χ3n) is 3.88. The van der Waals surface area contributed by atoms with E-state index in [9.17, 15) is 10.1 Å². The van der Waals surface area contributed by atoms with Crippen LogP contribution in [0, 0.1) is 17.2 Å². The summed E-state index contributed by atoms with van der Waals surface area (Å²) in [5, 5.41) is 12.7. The molecule has 1 atom stereocenters. The Morgan fingerprint density at radius 1 is 1.44 bits per heavy atom. The SMILES string of the molecule is CC(C#N)(CN1CCC(C(N)=O)CC1)NC1CC1. The fourth-order valence-electron chi connectivity index (χ4n) is 2.61. The van der Waals surface area contributed by atoms with Gasteiger partial charge in [-0.05, 0) is 45.7 Å². The van der Waals surface area contributed by atoms with E-state index in [0.717, 1.165) is 32.5 Å². The number of carbonyl (C=O) groups is 1. The van der Waals surface area contributed by atoms with Crippen molar-refractivity contribution >= 4 is 5.91 Å². The molecule has 0 aromatic heterocycles. The molecule has 5 heteroatoms. The second kappa shape index (κ2) is 5.25. The molecule has 1 heterocycles. The standard InChI is InChI=1S/C13H22N4O/c1-13(8-14,16-11-2-3-11)9-17-6-4-10(5-7-17)12(15)18/h10-11,16H,2-7,9H2,1H3,(H2,15,18). The van der Waals surface area contributed by atoms with E-state index in [1.165, 1.54) is 12.8 Å². The smallest absolute Gasteiger partial charge is 0.220 e. The molecule has 0 bridgehead atoms. The first-order valence-corrected chi connectivity index (χ1v) is 6.73. The predicted octanol–water partition coefficient (Wildman–Crippen LogP) is 0.218. The summed E-state index contributed by atoms with van der Waals surface area (Å²) in [6.45, 7) is 4.41. The topological polar surface area (TPSA) is 82.2 Å². The molecular weight excluding hydrogens is 228 g/mol. The van der Waals surface area contributed by atoms with Crippen molar-refractivity contribution in [2.75, 3.05) is 19.6 Å². The van der Waals surface area contributed by atoms with Gasteiger partial charge in [0.2, 0.25) is 5.91 Å². The molecule has 0 aromatic carbocycles. The van der Waals surface area contributed by atoms with E-state index < -0.39 is 5.54 Å². The van der Waals surface area contributed by atoms with Crippen molar-refractivity contribution in [2.24, 2.45) is 11.7 Å². The number of likely N-dealkylation sites (tertiary alicyclic amines) is 1. The zero-order valence-electron chi connectivity index (χ0n) is 11.0. The number of nitriles is 1. The van der Waals surface area contributed by atoms with Gasteiger partial charge in [-0.3, -0.25) is 10.1 Å². The summed E-state index contributed by atoms with van der Waals surface area (Å²) in [5.74, 6) is -0.167. The minimum Gasteiger partial charge on any atom is -0.369 e. The quantitative estimate of drug-likeness (QED) is 0.731. The highest BCUT2D eigenvalue weighted by molar-refractivity contribution is 5.76. The molecule has 3 N–H and O–H groups in total. The molecule has 0 spiro atoms. The van der Waals surface area contributed by atoms with Crippen LogP contribution in [0.4, 0.5) is 0 Å². The lowest BCUT2D eigenvalue weighted by atomic mass is 9.94. The fourth-order valence-corrected chi connectivity index (χ4v) is 2.61. The third kappa shape index (κ3) is 3.44. The first-order valence-electron chi connectivity index (χ1n) is 6.73. The number of carbonyl (C=O) groups excluding carboxylic acids is 1. The van der Waals surface area contributed by atoms with Gasteiger partial charge in [0.05, 0.1) is 6.07 Å². The second-order valence-corrected chi connectivity index (χ2v) is 5.82. The van der Waals surface area contributed by atoms with E-state index in [2.05, 4.69) is 16.3 Å². The zero-order valence-corrected chi connectivity index (χ0v) is 11.0. The van der Waals surface area contributed by atoms with Gasteiger partial charge in [-0.2, -0.15) is 5.26 Å². The highest BCUT2D eigenvalue weighted by Crippen LogP contribution is 2.24. The second-order valence-electron chi connectivity index (χ2n) is 5.82. The zero-order chi connectivity index (χ0) is 13.2. The number of nitrogens with two attached hydrogens (primary N) is 1. The molecular formula is C13H22N4O. The van der Waals surface area contributed by atoms with Gasteiger partial charge < -0.3 is 10.6 Å². The molecule has 0 radical (unpaired) electrons. The highest BCUT2D eigenvalue weighted by Gasteiger charge is 2.35. The number of piperidine rings is 1. The van der Waals surface area contributed by atoms with Gasteiger partial charge in [0.25, 0.3) is 0 Å². The van der Waals surface area contributed by atoms with E-state index in [4.69, 9.17) is 5.73 Å². The van der Waals surface area contributed by atoms with Gasteiger partial charge >= 0.3 is 0 Å². The molecule has 2 aliphatic rings. The molecule has 1 aliphatic carbocycles. The van der Waals surface area contributed by atoms with Crippen molar-refractivity contribution in [2.45, 2.75) is 44.2 Å². The number of rotatable bonds is 5. The average Bonchev–Trinajstić information content (AvgIpc) is 3.13. The first-order chi connectivity index (χ1) is 8.52. The Morgan fingerprint density at radius 3 is 2.50 bits per heavy atom. The Morgan fingerprint density at radius 2 is 2.06 bits per heavy atom. The van der Waals surface area contributed by atoms with Gasteiger partial charge in [-0.15, -0.1) is 0 Å². The van der Waals surface area contributed by atoms with Crippen LogP contribution >= 0.6 is 0 Å². The number of nitrogens with one attached hydrogen (secondary N) is 1. The van der Waals surface area contributed by atoms with Crippen molar-refractivity contribution < 1.29 is 4.79 Å². The normalized spacial score (nSPS) is 25.3. The van der Waals surface area contributed by atoms with Gasteiger partial charge in [-0.25, -0.2) is 0 Å². The Balaban J connectivity index is 1.82. The molecule has 2 rings (SSSR count). The highest BCUT2D eigenvalue weighted by atomic mass is 16.1. The number of nitrogens with zero attached hydrogens (tertiary/aromatic N) is 2. The molecule has 100 valence electrons. The van der Waals surface area contributed by atoms with Crippen LogP contribution in [0.25, 0.3) is 0 Å². The van der Waals surface area contributed by atoms with Crippen LogP contribution in [0.1, 0.15) is 32.6 Å². The number of primary amides is 1. The van der Waals surface area contributed by atoms with Gasteiger partial charge in [0, 0.05) is 18.5 Å².